The summed E-state index contributed by atoms with van der Waals surface area (Å²) >= 11 is 0. The van der Waals surface area contributed by atoms with E-state index in [4.69, 9.17) is 5.11 Å². The van der Waals surface area contributed by atoms with Crippen molar-refractivity contribution in [3.8, 4) is 0 Å². The van der Waals surface area contributed by atoms with Crippen molar-refractivity contribution in [3.05, 3.63) is 11.5 Å². The number of amides is 1. The first-order chi connectivity index (χ1) is 8.89. The summed E-state index contributed by atoms with van der Waals surface area (Å²) in [5, 5.41) is 29.1. The van der Waals surface area contributed by atoms with Gasteiger partial charge < -0.3 is 10.2 Å². The van der Waals surface area contributed by atoms with Crippen LogP contribution in [0, 0.1) is 11.3 Å². The molecule has 1 atom stereocenters. The van der Waals surface area contributed by atoms with Gasteiger partial charge in [-0.25, -0.2) is 5.06 Å². The van der Waals surface area contributed by atoms with E-state index in [1.807, 2.05) is 0 Å². The van der Waals surface area contributed by atoms with Crippen molar-refractivity contribution in [2.75, 3.05) is 0 Å². The molecule has 1 amide bonds. The molecule has 0 heterocycles. The Bertz CT molecular complexity index is 459. The lowest BCUT2D eigenvalue weighted by molar-refractivity contribution is -0.187. The Kier molecular flexibility index (Phi) is 4.20. The van der Waals surface area contributed by atoms with Crippen molar-refractivity contribution in [1.82, 2.24) is 5.06 Å². The minimum atomic E-state index is -0.780. The Hall–Kier alpha value is -1.56. The molecule has 114 valence electrons. The van der Waals surface area contributed by atoms with Crippen molar-refractivity contribution in [3.63, 3.8) is 0 Å². The van der Waals surface area contributed by atoms with E-state index in [9.17, 15) is 19.9 Å². The molecule has 0 saturated heterocycles. The third kappa shape index (κ3) is 2.95. The fraction of sp³-hybridized carbons (Fsp3) is 0.714. The molecule has 1 aliphatic rings. The summed E-state index contributed by atoms with van der Waals surface area (Å²) in [6, 6.07) is 0. The quantitative estimate of drug-likeness (QED) is 0.544. The molecular weight excluding hydrogens is 262 g/mol. The van der Waals surface area contributed by atoms with Crippen molar-refractivity contribution in [2.45, 2.75) is 53.0 Å². The molecule has 0 spiro atoms. The molecule has 6 heteroatoms. The van der Waals surface area contributed by atoms with Crippen LogP contribution in [0.5, 0.6) is 0 Å². The topological polar surface area (TPSA) is 98.1 Å². The van der Waals surface area contributed by atoms with Crippen molar-refractivity contribution in [2.24, 2.45) is 11.3 Å². The molecule has 6 nitrogen and oxygen atoms in total. The van der Waals surface area contributed by atoms with Gasteiger partial charge in [0.15, 0.2) is 5.76 Å². The lowest BCUT2D eigenvalue weighted by atomic mass is 9.67. The van der Waals surface area contributed by atoms with Crippen molar-refractivity contribution >= 4 is 11.7 Å². The molecule has 0 aliphatic heterocycles. The summed E-state index contributed by atoms with van der Waals surface area (Å²) in [4.78, 5) is 23.4. The van der Waals surface area contributed by atoms with E-state index in [1.54, 1.807) is 34.6 Å². The molecular formula is C14H23NO5. The van der Waals surface area contributed by atoms with Crippen LogP contribution in [0.3, 0.4) is 0 Å². The number of hydroxylamine groups is 2. The van der Waals surface area contributed by atoms with Crippen LogP contribution in [-0.4, -0.2) is 37.7 Å². The second-order valence-corrected chi connectivity index (χ2v) is 6.90. The fourth-order valence-electron chi connectivity index (χ4n) is 2.22. The monoisotopic (exact) mass is 285 g/mol. The Morgan fingerprint density at radius 3 is 2.10 bits per heavy atom. The predicted molar refractivity (Wildman–Crippen MR) is 72.2 cm³/mol. The minimum Gasteiger partial charge on any atom is -0.508 e. The molecule has 0 aromatic heterocycles. The second-order valence-electron chi connectivity index (χ2n) is 6.90. The SMILES string of the molecule is CC(C)(CCC(=O)N(O)C(C)(C)C)C1C(=O)C(O)=C1O. The third-order valence-electron chi connectivity index (χ3n) is 3.65. The van der Waals surface area contributed by atoms with Gasteiger partial charge in [0.25, 0.3) is 0 Å². The van der Waals surface area contributed by atoms with Gasteiger partial charge in [0.2, 0.25) is 11.7 Å². The summed E-state index contributed by atoms with van der Waals surface area (Å²) in [5.74, 6) is -2.63. The molecule has 0 aromatic carbocycles. The van der Waals surface area contributed by atoms with Crippen LogP contribution in [-0.2, 0) is 9.59 Å². The molecule has 0 radical (unpaired) electrons. The number of nitrogens with zero attached hydrogens (tertiary/aromatic N) is 1. The van der Waals surface area contributed by atoms with Crippen molar-refractivity contribution in [1.29, 1.82) is 0 Å². The number of aliphatic hydroxyl groups excluding tert-OH is 2. The average Bonchev–Trinajstić information content (AvgIpc) is 2.33. The maximum absolute atomic E-state index is 11.9. The number of Topliss-reactive ketones (excluding diaryl/α,β-unsaturated/α-hetero) is 1. The molecule has 0 aromatic rings. The van der Waals surface area contributed by atoms with Gasteiger partial charge in [-0.1, -0.05) is 13.8 Å². The standard InChI is InChI=1S/C14H23NO5/c1-13(2,3)15(20)8(16)6-7-14(4,5)9-10(17)12(19)11(9)18/h9,17,19-20H,6-7H2,1-5H3. The van der Waals surface area contributed by atoms with Crippen LogP contribution >= 0.6 is 0 Å². The Morgan fingerprint density at radius 2 is 1.70 bits per heavy atom. The molecule has 1 rings (SSSR count). The molecule has 0 saturated carbocycles. The molecule has 1 unspecified atom stereocenters. The van der Waals surface area contributed by atoms with E-state index in [0.717, 1.165) is 0 Å². The maximum Gasteiger partial charge on any atom is 0.246 e. The molecule has 3 N–H and O–H groups in total. The van der Waals surface area contributed by atoms with Crippen LogP contribution in [0.25, 0.3) is 0 Å². The Labute approximate surface area is 118 Å². The normalized spacial score (nSPS) is 19.9. The zero-order chi connectivity index (χ0) is 15.9. The first-order valence-corrected chi connectivity index (χ1v) is 6.58. The molecule has 0 bridgehead atoms. The molecule has 0 fully saturated rings. The van der Waals surface area contributed by atoms with Gasteiger partial charge >= 0.3 is 0 Å². The van der Waals surface area contributed by atoms with Crippen LogP contribution < -0.4 is 0 Å². The fourth-order valence-corrected chi connectivity index (χ4v) is 2.22. The van der Waals surface area contributed by atoms with E-state index in [0.29, 0.717) is 11.5 Å². The smallest absolute Gasteiger partial charge is 0.246 e. The largest absolute Gasteiger partial charge is 0.508 e. The zero-order valence-electron chi connectivity index (χ0n) is 12.6. The Morgan fingerprint density at radius 1 is 1.20 bits per heavy atom. The first kappa shape index (κ1) is 16.5. The van der Waals surface area contributed by atoms with E-state index < -0.39 is 34.3 Å². The van der Waals surface area contributed by atoms with Gasteiger partial charge in [-0.15, -0.1) is 0 Å². The summed E-state index contributed by atoms with van der Waals surface area (Å²) in [6.45, 7) is 8.60. The molecule has 1 aliphatic carbocycles. The number of hydrogen-bond donors (Lipinski definition) is 3. The van der Waals surface area contributed by atoms with Crippen LogP contribution in [0.4, 0.5) is 0 Å². The van der Waals surface area contributed by atoms with E-state index in [2.05, 4.69) is 0 Å². The highest BCUT2D eigenvalue weighted by Crippen LogP contribution is 2.44. The number of allylic oxidation sites excluding steroid dienone is 2. The minimum absolute atomic E-state index is 0.0542. The van der Waals surface area contributed by atoms with Crippen molar-refractivity contribution < 1.29 is 25.0 Å². The first-order valence-electron chi connectivity index (χ1n) is 6.58. The van der Waals surface area contributed by atoms with E-state index >= 15 is 0 Å². The zero-order valence-corrected chi connectivity index (χ0v) is 12.6. The van der Waals surface area contributed by atoms with Gasteiger partial charge in [0.1, 0.15) is 5.76 Å². The van der Waals surface area contributed by atoms with Crippen LogP contribution in [0.15, 0.2) is 11.5 Å². The highest BCUT2D eigenvalue weighted by molar-refractivity contribution is 6.04. The van der Waals surface area contributed by atoms with Gasteiger partial charge in [-0.2, -0.15) is 0 Å². The van der Waals surface area contributed by atoms with E-state index in [1.165, 1.54) is 0 Å². The summed E-state index contributed by atoms with van der Waals surface area (Å²) in [6.07, 6.45) is 0.366. The number of carbonyl (C=O) groups is 2. The van der Waals surface area contributed by atoms with E-state index in [-0.39, 0.29) is 12.2 Å². The highest BCUT2D eigenvalue weighted by Gasteiger charge is 2.49. The van der Waals surface area contributed by atoms with Crippen LogP contribution in [0.1, 0.15) is 47.5 Å². The number of ketones is 1. The highest BCUT2D eigenvalue weighted by atomic mass is 16.5. The Balaban J connectivity index is 2.66. The summed E-state index contributed by atoms with van der Waals surface area (Å²) in [7, 11) is 0. The van der Waals surface area contributed by atoms with Gasteiger partial charge in [0.05, 0.1) is 11.5 Å². The lowest BCUT2D eigenvalue weighted by Crippen LogP contribution is -2.45. The molecule has 20 heavy (non-hydrogen) atoms. The third-order valence-corrected chi connectivity index (χ3v) is 3.65. The van der Waals surface area contributed by atoms with Gasteiger partial charge in [-0.05, 0) is 32.6 Å². The predicted octanol–water partition coefficient (Wildman–Crippen LogP) is 2.34. The number of rotatable bonds is 4. The van der Waals surface area contributed by atoms with Crippen LogP contribution in [0.2, 0.25) is 0 Å². The van der Waals surface area contributed by atoms with Gasteiger partial charge in [-0.3, -0.25) is 14.8 Å². The lowest BCUT2D eigenvalue weighted by Gasteiger charge is -2.38. The average molecular weight is 285 g/mol. The number of hydrogen-bond acceptors (Lipinski definition) is 5. The summed E-state index contributed by atoms with van der Waals surface area (Å²) < 4.78 is 0. The second kappa shape index (κ2) is 5.09. The van der Waals surface area contributed by atoms with Gasteiger partial charge in [0, 0.05) is 6.42 Å². The summed E-state index contributed by atoms with van der Waals surface area (Å²) in [5.41, 5.74) is -1.35. The number of carbonyl (C=O) groups excluding carboxylic acids is 2. The maximum atomic E-state index is 11.9. The number of aliphatic hydroxyl groups is 2.